The summed E-state index contributed by atoms with van der Waals surface area (Å²) in [6.07, 6.45) is -3.40. The lowest BCUT2D eigenvalue weighted by atomic mass is 9.85. The van der Waals surface area contributed by atoms with E-state index in [0.29, 0.717) is 25.2 Å². The molecule has 0 heterocycles. The number of halogens is 3. The van der Waals surface area contributed by atoms with Crippen molar-refractivity contribution in [2.75, 3.05) is 11.3 Å². The molecular formula is C22H25F3N2O4S. The number of hydrogen-bond acceptors (Lipinski definition) is 4. The molecule has 1 aliphatic rings. The number of benzene rings is 2. The van der Waals surface area contributed by atoms with Crippen LogP contribution in [0, 0.1) is 5.92 Å². The monoisotopic (exact) mass is 470 g/mol. The molecule has 2 aromatic carbocycles. The maximum atomic E-state index is 13.0. The van der Waals surface area contributed by atoms with E-state index in [2.05, 4.69) is 10.0 Å². The van der Waals surface area contributed by atoms with Gasteiger partial charge in [0.05, 0.1) is 17.4 Å². The van der Waals surface area contributed by atoms with Crippen molar-refractivity contribution < 1.29 is 31.1 Å². The van der Waals surface area contributed by atoms with Crippen LogP contribution in [-0.2, 0) is 10.0 Å². The molecule has 1 fully saturated rings. The molecule has 0 spiro atoms. The van der Waals surface area contributed by atoms with Gasteiger partial charge in [0.25, 0.3) is 15.9 Å². The molecule has 0 aromatic heterocycles. The summed E-state index contributed by atoms with van der Waals surface area (Å²) >= 11 is 0. The van der Waals surface area contributed by atoms with Gasteiger partial charge in [0.15, 0.2) is 0 Å². The minimum atomic E-state index is -4.26. The lowest BCUT2D eigenvalue weighted by molar-refractivity contribution is -0.183. The predicted octanol–water partition coefficient (Wildman–Crippen LogP) is 4.74. The summed E-state index contributed by atoms with van der Waals surface area (Å²) in [7, 11) is -3.83. The molecule has 0 aliphatic heterocycles. The van der Waals surface area contributed by atoms with Crippen LogP contribution in [0.15, 0.2) is 53.4 Å². The van der Waals surface area contributed by atoms with Crippen LogP contribution in [-0.4, -0.2) is 33.1 Å². The lowest BCUT2D eigenvalue weighted by Crippen LogP contribution is -2.41. The Bertz CT molecular complexity index is 1020. The maximum absolute atomic E-state index is 13.0. The highest BCUT2D eigenvalue weighted by Gasteiger charge is 2.42. The molecule has 2 N–H and O–H groups in total. The summed E-state index contributed by atoms with van der Waals surface area (Å²) in [6.45, 7) is 2.29. The molecular weight excluding hydrogens is 445 g/mol. The first-order valence-electron chi connectivity index (χ1n) is 10.3. The van der Waals surface area contributed by atoms with Gasteiger partial charge < -0.3 is 10.1 Å². The molecule has 0 radical (unpaired) electrons. The average molecular weight is 471 g/mol. The second kappa shape index (κ2) is 9.81. The fourth-order valence-corrected chi connectivity index (χ4v) is 4.73. The van der Waals surface area contributed by atoms with Crippen LogP contribution in [0.3, 0.4) is 0 Å². The highest BCUT2D eigenvalue weighted by molar-refractivity contribution is 7.92. The topological polar surface area (TPSA) is 84.5 Å². The van der Waals surface area contributed by atoms with Crippen LogP contribution >= 0.6 is 0 Å². The van der Waals surface area contributed by atoms with Crippen molar-refractivity contribution >= 4 is 21.6 Å². The first-order valence-corrected chi connectivity index (χ1v) is 11.8. The van der Waals surface area contributed by atoms with E-state index in [1.54, 1.807) is 12.1 Å². The summed E-state index contributed by atoms with van der Waals surface area (Å²) in [5.74, 6) is -1.33. The number of sulfonamides is 1. The number of amides is 1. The van der Waals surface area contributed by atoms with Crippen molar-refractivity contribution in [3.05, 3.63) is 54.1 Å². The summed E-state index contributed by atoms with van der Waals surface area (Å²) in [5.41, 5.74) is 0.494. The van der Waals surface area contributed by atoms with Crippen LogP contribution in [0.25, 0.3) is 0 Å². The van der Waals surface area contributed by atoms with Gasteiger partial charge in [-0.3, -0.25) is 9.52 Å². The second-order valence-corrected chi connectivity index (χ2v) is 9.35. The third-order valence-corrected chi connectivity index (χ3v) is 6.71. The third kappa shape index (κ3) is 6.15. The van der Waals surface area contributed by atoms with Crippen molar-refractivity contribution in [3.8, 4) is 5.75 Å². The summed E-state index contributed by atoms with van der Waals surface area (Å²) in [5, 5.41) is 2.66. The van der Waals surface area contributed by atoms with E-state index < -0.39 is 34.1 Å². The van der Waals surface area contributed by atoms with Crippen molar-refractivity contribution in [1.82, 2.24) is 5.32 Å². The standard InChI is InChI=1S/C22H25F3N2O4S/c1-2-31-19-10-12-20(13-11-19)32(29,30)27-17-8-6-15(7-9-17)21(28)26-18-5-3-4-16(14-18)22(23,24)25/h6-13,16,18,27H,2-5,14H2,1H3,(H,26,28). The molecule has 3 rings (SSSR count). The smallest absolute Gasteiger partial charge is 0.391 e. The minimum absolute atomic E-state index is 0.0549. The Kier molecular flexibility index (Phi) is 7.33. The van der Waals surface area contributed by atoms with E-state index in [4.69, 9.17) is 4.74 Å². The van der Waals surface area contributed by atoms with Gasteiger partial charge in [-0.1, -0.05) is 6.42 Å². The Morgan fingerprint density at radius 3 is 2.31 bits per heavy atom. The van der Waals surface area contributed by atoms with Crippen LogP contribution in [0.4, 0.5) is 18.9 Å². The molecule has 10 heteroatoms. The first-order chi connectivity index (χ1) is 15.1. The van der Waals surface area contributed by atoms with E-state index in [9.17, 15) is 26.4 Å². The largest absolute Gasteiger partial charge is 0.494 e. The predicted molar refractivity (Wildman–Crippen MR) is 114 cm³/mol. The van der Waals surface area contributed by atoms with E-state index in [0.717, 1.165) is 0 Å². The molecule has 1 saturated carbocycles. The van der Waals surface area contributed by atoms with Gasteiger partial charge in [-0.15, -0.1) is 0 Å². The Labute approximate surface area is 185 Å². The van der Waals surface area contributed by atoms with Crippen LogP contribution in [0.5, 0.6) is 5.75 Å². The van der Waals surface area contributed by atoms with Gasteiger partial charge in [-0.05, 0) is 74.7 Å². The van der Waals surface area contributed by atoms with Gasteiger partial charge in [-0.2, -0.15) is 13.2 Å². The molecule has 1 aliphatic carbocycles. The SMILES string of the molecule is CCOc1ccc(S(=O)(=O)Nc2ccc(C(=O)NC3CCCC(C(F)(F)F)C3)cc2)cc1. The fraction of sp³-hybridized carbons (Fsp3) is 0.409. The third-order valence-electron chi connectivity index (χ3n) is 5.32. The summed E-state index contributed by atoms with van der Waals surface area (Å²) in [6, 6.07) is 11.1. The number of nitrogens with one attached hydrogen (secondary N) is 2. The van der Waals surface area contributed by atoms with Crippen molar-refractivity contribution in [2.24, 2.45) is 5.92 Å². The van der Waals surface area contributed by atoms with Gasteiger partial charge in [0.2, 0.25) is 0 Å². The van der Waals surface area contributed by atoms with Crippen molar-refractivity contribution in [2.45, 2.75) is 49.7 Å². The molecule has 2 unspecified atom stereocenters. The molecule has 2 aromatic rings. The van der Waals surface area contributed by atoms with E-state index >= 15 is 0 Å². The maximum Gasteiger partial charge on any atom is 0.391 e. The Morgan fingerprint density at radius 2 is 1.72 bits per heavy atom. The molecule has 6 nitrogen and oxygen atoms in total. The van der Waals surface area contributed by atoms with E-state index in [-0.39, 0.29) is 29.0 Å². The van der Waals surface area contributed by atoms with Crippen LogP contribution in [0.2, 0.25) is 0 Å². The number of hydrogen-bond donors (Lipinski definition) is 2. The summed E-state index contributed by atoms with van der Waals surface area (Å²) < 4.78 is 71.7. The quantitative estimate of drug-likeness (QED) is 0.612. The molecule has 32 heavy (non-hydrogen) atoms. The molecule has 174 valence electrons. The number of carbonyl (C=O) groups excluding carboxylic acids is 1. The number of rotatable bonds is 7. The van der Waals surface area contributed by atoms with Gasteiger partial charge >= 0.3 is 6.18 Å². The number of carbonyl (C=O) groups is 1. The van der Waals surface area contributed by atoms with E-state index in [1.807, 2.05) is 6.92 Å². The Morgan fingerprint density at radius 1 is 1.06 bits per heavy atom. The van der Waals surface area contributed by atoms with Crippen molar-refractivity contribution in [1.29, 1.82) is 0 Å². The zero-order chi connectivity index (χ0) is 23.4. The van der Waals surface area contributed by atoms with Gasteiger partial charge in [0.1, 0.15) is 5.75 Å². The zero-order valence-electron chi connectivity index (χ0n) is 17.5. The Hall–Kier alpha value is -2.75. The minimum Gasteiger partial charge on any atom is -0.494 e. The van der Waals surface area contributed by atoms with Gasteiger partial charge in [-0.25, -0.2) is 8.42 Å². The Balaban J connectivity index is 1.61. The van der Waals surface area contributed by atoms with Crippen molar-refractivity contribution in [3.63, 3.8) is 0 Å². The first kappa shape index (κ1) is 23.9. The number of ether oxygens (including phenoxy) is 1. The lowest BCUT2D eigenvalue weighted by Gasteiger charge is -2.31. The second-order valence-electron chi connectivity index (χ2n) is 7.66. The normalized spacial score (nSPS) is 19.2. The zero-order valence-corrected chi connectivity index (χ0v) is 18.3. The molecule has 1 amide bonds. The average Bonchev–Trinajstić information content (AvgIpc) is 2.74. The fourth-order valence-electron chi connectivity index (χ4n) is 3.67. The van der Waals surface area contributed by atoms with E-state index in [1.165, 1.54) is 36.4 Å². The number of alkyl halides is 3. The molecule has 0 saturated heterocycles. The molecule has 2 atom stereocenters. The highest BCUT2D eigenvalue weighted by atomic mass is 32.2. The van der Waals surface area contributed by atoms with Crippen LogP contribution < -0.4 is 14.8 Å². The van der Waals surface area contributed by atoms with Gasteiger partial charge in [0, 0.05) is 17.3 Å². The number of anilines is 1. The highest BCUT2D eigenvalue weighted by Crippen LogP contribution is 2.37. The molecule has 0 bridgehead atoms. The van der Waals surface area contributed by atoms with Crippen LogP contribution in [0.1, 0.15) is 43.0 Å². The summed E-state index contributed by atoms with van der Waals surface area (Å²) in [4.78, 5) is 12.5.